The number of alkyl halides is 3. The van der Waals surface area contributed by atoms with E-state index in [1.54, 1.807) is 6.92 Å². The molecule has 1 saturated heterocycles. The average Bonchev–Trinajstić information content (AvgIpc) is 2.72. The zero-order valence-corrected chi connectivity index (χ0v) is 19.9. The van der Waals surface area contributed by atoms with E-state index in [4.69, 9.17) is 28.6 Å². The van der Waals surface area contributed by atoms with Crippen LogP contribution >= 0.6 is 11.6 Å². The molecule has 2 N–H and O–H groups in total. The van der Waals surface area contributed by atoms with E-state index < -0.39 is 60.5 Å². The minimum absolute atomic E-state index is 0.000538. The van der Waals surface area contributed by atoms with Crippen molar-refractivity contribution in [2.75, 3.05) is 18.9 Å². The number of ether oxygens (including phenoxy) is 1. The molecule has 1 aromatic rings. The third-order valence-electron chi connectivity index (χ3n) is 5.73. The van der Waals surface area contributed by atoms with E-state index in [1.165, 1.54) is 13.0 Å². The Morgan fingerprint density at radius 3 is 2.43 bits per heavy atom. The standard InChI is InChI=1S/C23H25ClF3N3O5/c1-4-35-21(33)9-13(29-3)8-20(32)18-5-6-30(18)22(34)15(23(25,26)27)11-19(31)14-10-16(24)17(28)7-12(14)2/h7,10,13,15,18H,4-6,8-9,11,28H2,1-2H3. The highest BCUT2D eigenvalue weighted by Crippen LogP contribution is 2.35. The van der Waals surface area contributed by atoms with Gasteiger partial charge in [-0.15, -0.1) is 0 Å². The van der Waals surface area contributed by atoms with Gasteiger partial charge in [-0.25, -0.2) is 6.57 Å². The molecule has 0 aliphatic carbocycles. The maximum atomic E-state index is 13.8. The average molecular weight is 516 g/mol. The molecule has 1 aromatic carbocycles. The molecule has 1 aliphatic rings. The van der Waals surface area contributed by atoms with Gasteiger partial charge in [0, 0.05) is 18.5 Å². The number of amides is 1. The lowest BCUT2D eigenvalue weighted by atomic mass is 9.89. The maximum absolute atomic E-state index is 13.8. The number of benzene rings is 1. The van der Waals surface area contributed by atoms with Gasteiger partial charge in [-0.2, -0.15) is 13.2 Å². The Hall–Kier alpha value is -3.13. The van der Waals surface area contributed by atoms with Crippen molar-refractivity contribution >= 4 is 40.7 Å². The molecule has 0 spiro atoms. The first kappa shape index (κ1) is 28.1. The van der Waals surface area contributed by atoms with E-state index >= 15 is 0 Å². The molecule has 12 heteroatoms. The smallest absolute Gasteiger partial charge is 0.400 e. The normalized spacial score (nSPS) is 17.1. The second-order valence-electron chi connectivity index (χ2n) is 8.21. The number of ketones is 2. The molecule has 2 rings (SSSR count). The Balaban J connectivity index is 2.15. The largest absolute Gasteiger partial charge is 0.466 e. The van der Waals surface area contributed by atoms with Crippen LogP contribution in [0.4, 0.5) is 18.9 Å². The fourth-order valence-electron chi connectivity index (χ4n) is 3.77. The Kier molecular flexibility index (Phi) is 9.26. The number of halogens is 4. The molecule has 8 nitrogen and oxygen atoms in total. The highest BCUT2D eigenvalue weighted by atomic mass is 35.5. The molecule has 1 amide bonds. The highest BCUT2D eigenvalue weighted by Gasteiger charge is 2.51. The predicted molar refractivity (Wildman–Crippen MR) is 120 cm³/mol. The Morgan fingerprint density at radius 1 is 1.26 bits per heavy atom. The summed E-state index contributed by atoms with van der Waals surface area (Å²) in [5, 5.41) is -0.000538. The fraction of sp³-hybridized carbons (Fsp3) is 0.522. The summed E-state index contributed by atoms with van der Waals surface area (Å²) in [5.41, 5.74) is 6.03. The third-order valence-corrected chi connectivity index (χ3v) is 6.06. The molecule has 0 bridgehead atoms. The molecule has 3 unspecified atom stereocenters. The van der Waals surface area contributed by atoms with E-state index in [0.29, 0.717) is 5.56 Å². The van der Waals surface area contributed by atoms with Crippen LogP contribution in [0, 0.1) is 19.4 Å². The minimum Gasteiger partial charge on any atom is -0.466 e. The van der Waals surface area contributed by atoms with Gasteiger partial charge in [0.2, 0.25) is 11.9 Å². The van der Waals surface area contributed by atoms with Crippen LogP contribution in [0.25, 0.3) is 4.85 Å². The van der Waals surface area contributed by atoms with Gasteiger partial charge in [-0.1, -0.05) is 11.6 Å². The fourth-order valence-corrected chi connectivity index (χ4v) is 3.94. The number of esters is 1. The van der Waals surface area contributed by atoms with Crippen LogP contribution in [0.15, 0.2) is 12.1 Å². The van der Waals surface area contributed by atoms with Crippen molar-refractivity contribution in [2.24, 2.45) is 5.92 Å². The van der Waals surface area contributed by atoms with Gasteiger partial charge in [0.25, 0.3) is 0 Å². The van der Waals surface area contributed by atoms with Crippen LogP contribution in [0.3, 0.4) is 0 Å². The van der Waals surface area contributed by atoms with Crippen molar-refractivity contribution in [1.82, 2.24) is 4.90 Å². The van der Waals surface area contributed by atoms with Crippen LogP contribution < -0.4 is 5.73 Å². The number of rotatable bonds is 10. The molecular weight excluding hydrogens is 491 g/mol. The number of Topliss-reactive ketones (excluding diaryl/α,β-unsaturated/α-hetero) is 2. The first-order valence-corrected chi connectivity index (χ1v) is 11.2. The third kappa shape index (κ3) is 6.94. The number of nitrogens with two attached hydrogens (primary N) is 1. The maximum Gasteiger partial charge on any atom is 0.400 e. The molecule has 190 valence electrons. The zero-order valence-electron chi connectivity index (χ0n) is 19.2. The van der Waals surface area contributed by atoms with Gasteiger partial charge >= 0.3 is 12.1 Å². The number of carbonyl (C=O) groups is 4. The second kappa shape index (κ2) is 11.5. The quantitative estimate of drug-likeness (QED) is 0.220. The lowest BCUT2D eigenvalue weighted by Crippen LogP contribution is -2.58. The van der Waals surface area contributed by atoms with E-state index in [0.717, 1.165) is 11.0 Å². The zero-order chi connectivity index (χ0) is 26.5. The van der Waals surface area contributed by atoms with Gasteiger partial charge in [-0.3, -0.25) is 19.2 Å². The summed E-state index contributed by atoms with van der Waals surface area (Å²) >= 11 is 5.90. The first-order chi connectivity index (χ1) is 16.3. The molecule has 35 heavy (non-hydrogen) atoms. The summed E-state index contributed by atoms with van der Waals surface area (Å²) in [7, 11) is 0. The highest BCUT2D eigenvalue weighted by molar-refractivity contribution is 6.33. The first-order valence-electron chi connectivity index (χ1n) is 10.8. The Morgan fingerprint density at radius 2 is 1.91 bits per heavy atom. The number of hydrogen-bond donors (Lipinski definition) is 1. The lowest BCUT2D eigenvalue weighted by molar-refractivity contribution is -0.193. The molecular formula is C23H25ClF3N3O5. The summed E-state index contributed by atoms with van der Waals surface area (Å²) in [6.45, 7) is 10.2. The van der Waals surface area contributed by atoms with Crippen molar-refractivity contribution in [2.45, 2.75) is 57.8 Å². The van der Waals surface area contributed by atoms with Gasteiger partial charge in [0.05, 0.1) is 29.8 Å². The number of hydrogen-bond acceptors (Lipinski definition) is 6. The number of likely N-dealkylation sites (tertiary alicyclic amines) is 1. The number of aryl methyl sites for hydroxylation is 1. The number of carbonyl (C=O) groups excluding carboxylic acids is 4. The summed E-state index contributed by atoms with van der Waals surface area (Å²) in [4.78, 5) is 53.7. The SMILES string of the molecule is [C-]#[N+]C(CC(=O)OCC)CC(=O)C1CCN1C(=O)C(CC(=O)c1cc(Cl)c(N)cc1C)C(F)(F)F. The summed E-state index contributed by atoms with van der Waals surface area (Å²) in [5.74, 6) is -6.28. The molecule has 1 heterocycles. The van der Waals surface area contributed by atoms with Crippen molar-refractivity contribution in [3.8, 4) is 0 Å². The van der Waals surface area contributed by atoms with Crippen LogP contribution in [0.1, 0.15) is 48.5 Å². The van der Waals surface area contributed by atoms with Crippen LogP contribution in [-0.4, -0.2) is 59.8 Å². The molecule has 1 fully saturated rings. The second-order valence-corrected chi connectivity index (χ2v) is 8.62. The molecule has 0 saturated carbocycles. The van der Waals surface area contributed by atoms with Crippen molar-refractivity contribution in [3.63, 3.8) is 0 Å². The summed E-state index contributed by atoms with van der Waals surface area (Å²) in [6.07, 6.45) is -6.82. The van der Waals surface area contributed by atoms with Gasteiger partial charge in [0.15, 0.2) is 11.6 Å². The lowest BCUT2D eigenvalue weighted by Gasteiger charge is -2.42. The number of nitrogen functional groups attached to an aromatic ring is 1. The van der Waals surface area contributed by atoms with Crippen LogP contribution in [-0.2, 0) is 19.1 Å². The summed E-state index contributed by atoms with van der Waals surface area (Å²) < 4.78 is 46.1. The van der Waals surface area contributed by atoms with Gasteiger partial charge < -0.3 is 20.2 Å². The summed E-state index contributed by atoms with van der Waals surface area (Å²) in [6, 6.07) is 0.323. The minimum atomic E-state index is -5.04. The Bertz CT molecular complexity index is 1050. The van der Waals surface area contributed by atoms with Gasteiger partial charge in [-0.05, 0) is 38.0 Å². The topological polar surface area (TPSA) is 111 Å². The van der Waals surface area contributed by atoms with Crippen molar-refractivity contribution in [1.29, 1.82) is 0 Å². The van der Waals surface area contributed by atoms with Crippen molar-refractivity contribution < 1.29 is 37.1 Å². The van der Waals surface area contributed by atoms with E-state index in [2.05, 4.69) is 4.85 Å². The van der Waals surface area contributed by atoms with Crippen LogP contribution in [0.2, 0.25) is 5.02 Å². The van der Waals surface area contributed by atoms with Crippen LogP contribution in [0.5, 0.6) is 0 Å². The Labute approximate surface area is 205 Å². The molecule has 1 aliphatic heterocycles. The predicted octanol–water partition coefficient (Wildman–Crippen LogP) is 3.78. The monoisotopic (exact) mass is 515 g/mol. The van der Waals surface area contributed by atoms with E-state index in [-0.39, 0.29) is 42.3 Å². The van der Waals surface area contributed by atoms with E-state index in [9.17, 15) is 32.3 Å². The number of nitrogens with zero attached hydrogens (tertiary/aromatic N) is 2. The van der Waals surface area contributed by atoms with Crippen molar-refractivity contribution in [3.05, 3.63) is 39.7 Å². The van der Waals surface area contributed by atoms with E-state index in [1.807, 2.05) is 0 Å². The number of anilines is 1. The molecule has 0 aromatic heterocycles. The molecule has 0 radical (unpaired) electrons. The molecule has 3 atom stereocenters. The van der Waals surface area contributed by atoms with Gasteiger partial charge in [0.1, 0.15) is 12.3 Å².